The van der Waals surface area contributed by atoms with Crippen molar-refractivity contribution < 1.29 is 14.5 Å². The van der Waals surface area contributed by atoms with Gasteiger partial charge < -0.3 is 9.64 Å². The van der Waals surface area contributed by atoms with Gasteiger partial charge in [-0.15, -0.1) is 5.10 Å². The fourth-order valence-electron chi connectivity index (χ4n) is 2.99. The molecule has 3 rings (SSSR count). The van der Waals surface area contributed by atoms with Crippen LogP contribution in [0.4, 0.5) is 5.69 Å². The van der Waals surface area contributed by atoms with Crippen molar-refractivity contribution in [1.82, 2.24) is 15.1 Å². The number of aryl methyl sites for hydroxylation is 1. The van der Waals surface area contributed by atoms with Crippen molar-refractivity contribution in [2.75, 3.05) is 13.1 Å². The van der Waals surface area contributed by atoms with Gasteiger partial charge in [0, 0.05) is 24.2 Å². The Labute approximate surface area is 150 Å². The van der Waals surface area contributed by atoms with Gasteiger partial charge in [0.05, 0.1) is 23.6 Å². The summed E-state index contributed by atoms with van der Waals surface area (Å²) in [6.07, 6.45) is 1.49. The van der Waals surface area contributed by atoms with Gasteiger partial charge in [0.1, 0.15) is 6.10 Å². The number of likely N-dealkylation sites (tertiary alicyclic amines) is 1. The molecule has 0 spiro atoms. The second kappa shape index (κ2) is 7.90. The van der Waals surface area contributed by atoms with E-state index in [-0.39, 0.29) is 24.1 Å². The lowest BCUT2D eigenvalue weighted by molar-refractivity contribution is -0.385. The Morgan fingerprint density at radius 1 is 1.31 bits per heavy atom. The van der Waals surface area contributed by atoms with E-state index in [1.807, 2.05) is 13.0 Å². The molecular weight excluding hydrogens is 336 g/mol. The largest absolute Gasteiger partial charge is 0.471 e. The highest BCUT2D eigenvalue weighted by molar-refractivity contribution is 5.80. The lowest BCUT2D eigenvalue weighted by atomic mass is 10.1. The summed E-state index contributed by atoms with van der Waals surface area (Å²) in [7, 11) is 0. The molecule has 0 radical (unpaired) electrons. The molecule has 1 atom stereocenters. The minimum Gasteiger partial charge on any atom is -0.471 e. The number of nitrogens with zero attached hydrogens (tertiary/aromatic N) is 4. The van der Waals surface area contributed by atoms with E-state index in [1.165, 1.54) is 6.07 Å². The number of benzene rings is 1. The standard InChI is InChI=1S/C18H20N4O4/c1-13-8-9-17(20-19-13)26-15-6-4-10-21(12-15)18(23)11-14-5-2-3-7-16(14)22(24)25/h2-3,5,7-9,15H,4,6,10-12H2,1H3. The number of carbonyl (C=O) groups is 1. The van der Waals surface area contributed by atoms with Crippen molar-refractivity contribution in [3.05, 3.63) is 57.8 Å². The van der Waals surface area contributed by atoms with Gasteiger partial charge in [-0.2, -0.15) is 5.10 Å². The zero-order valence-electron chi connectivity index (χ0n) is 14.5. The summed E-state index contributed by atoms with van der Waals surface area (Å²) in [4.78, 5) is 25.0. The Morgan fingerprint density at radius 3 is 2.85 bits per heavy atom. The van der Waals surface area contributed by atoms with E-state index in [2.05, 4.69) is 10.2 Å². The smallest absolute Gasteiger partial charge is 0.273 e. The summed E-state index contributed by atoms with van der Waals surface area (Å²) in [5.41, 5.74) is 1.21. The molecule has 136 valence electrons. The molecule has 2 aromatic rings. The van der Waals surface area contributed by atoms with Crippen LogP contribution >= 0.6 is 0 Å². The van der Waals surface area contributed by atoms with Crippen molar-refractivity contribution in [2.24, 2.45) is 0 Å². The number of hydrogen-bond acceptors (Lipinski definition) is 6. The van der Waals surface area contributed by atoms with Crippen LogP contribution in [0.3, 0.4) is 0 Å². The van der Waals surface area contributed by atoms with Gasteiger partial charge in [0.25, 0.3) is 5.69 Å². The monoisotopic (exact) mass is 356 g/mol. The Hall–Kier alpha value is -3.03. The molecule has 0 saturated carbocycles. The van der Waals surface area contributed by atoms with E-state index in [1.54, 1.807) is 29.2 Å². The molecule has 1 aromatic carbocycles. The Morgan fingerprint density at radius 2 is 2.12 bits per heavy atom. The maximum absolute atomic E-state index is 12.6. The number of rotatable bonds is 5. The number of piperidine rings is 1. The maximum Gasteiger partial charge on any atom is 0.273 e. The summed E-state index contributed by atoms with van der Waals surface area (Å²) in [5, 5.41) is 19.1. The van der Waals surface area contributed by atoms with Crippen molar-refractivity contribution in [1.29, 1.82) is 0 Å². The summed E-state index contributed by atoms with van der Waals surface area (Å²) in [5.74, 6) is 0.302. The van der Waals surface area contributed by atoms with Gasteiger partial charge in [-0.05, 0) is 25.8 Å². The highest BCUT2D eigenvalue weighted by atomic mass is 16.6. The van der Waals surface area contributed by atoms with Crippen LogP contribution in [0.2, 0.25) is 0 Å². The molecule has 1 unspecified atom stereocenters. The summed E-state index contributed by atoms with van der Waals surface area (Å²) in [6, 6.07) is 9.92. The average Bonchev–Trinajstić information content (AvgIpc) is 2.64. The lowest BCUT2D eigenvalue weighted by Gasteiger charge is -2.32. The fourth-order valence-corrected chi connectivity index (χ4v) is 2.99. The molecule has 0 bridgehead atoms. The fraction of sp³-hybridized carbons (Fsp3) is 0.389. The van der Waals surface area contributed by atoms with Gasteiger partial charge in [-0.25, -0.2) is 0 Å². The van der Waals surface area contributed by atoms with Gasteiger partial charge in [0.15, 0.2) is 0 Å². The van der Waals surface area contributed by atoms with Crippen molar-refractivity contribution >= 4 is 11.6 Å². The maximum atomic E-state index is 12.6. The van der Waals surface area contributed by atoms with Crippen LogP contribution in [-0.4, -0.2) is 45.1 Å². The molecule has 0 aliphatic carbocycles. The third-order valence-electron chi connectivity index (χ3n) is 4.32. The van der Waals surface area contributed by atoms with Crippen LogP contribution in [-0.2, 0) is 11.2 Å². The number of para-hydroxylation sites is 1. The van der Waals surface area contributed by atoms with Gasteiger partial charge >= 0.3 is 0 Å². The molecule has 8 heteroatoms. The van der Waals surface area contributed by atoms with E-state index >= 15 is 0 Å². The molecule has 2 heterocycles. The molecule has 1 aliphatic rings. The van der Waals surface area contributed by atoms with Crippen LogP contribution < -0.4 is 4.74 Å². The normalized spacial score (nSPS) is 17.0. The molecule has 1 aliphatic heterocycles. The lowest BCUT2D eigenvalue weighted by Crippen LogP contribution is -2.45. The number of nitro groups is 1. The number of ether oxygens (including phenoxy) is 1. The predicted molar refractivity (Wildman–Crippen MR) is 93.8 cm³/mol. The third-order valence-corrected chi connectivity index (χ3v) is 4.32. The SMILES string of the molecule is Cc1ccc(OC2CCCN(C(=O)Cc3ccccc3[N+](=O)[O-])C2)nn1. The topological polar surface area (TPSA) is 98.5 Å². The molecule has 26 heavy (non-hydrogen) atoms. The van der Waals surface area contributed by atoms with Crippen LogP contribution in [0.1, 0.15) is 24.1 Å². The number of nitro benzene ring substituents is 1. The predicted octanol–water partition coefficient (Wildman–Crippen LogP) is 2.31. The van der Waals surface area contributed by atoms with Gasteiger partial charge in [-0.3, -0.25) is 14.9 Å². The van der Waals surface area contributed by atoms with Crippen LogP contribution in [0.5, 0.6) is 5.88 Å². The van der Waals surface area contributed by atoms with Crippen molar-refractivity contribution in [3.8, 4) is 5.88 Å². The second-order valence-corrected chi connectivity index (χ2v) is 6.30. The molecule has 1 aromatic heterocycles. The van der Waals surface area contributed by atoms with E-state index in [4.69, 9.17) is 4.74 Å². The highest BCUT2D eigenvalue weighted by Crippen LogP contribution is 2.21. The Bertz CT molecular complexity index is 794. The first-order valence-corrected chi connectivity index (χ1v) is 8.50. The Kier molecular flexibility index (Phi) is 5.40. The molecule has 0 N–H and O–H groups in total. The Balaban J connectivity index is 1.63. The quantitative estimate of drug-likeness (QED) is 0.602. The highest BCUT2D eigenvalue weighted by Gasteiger charge is 2.26. The second-order valence-electron chi connectivity index (χ2n) is 6.30. The molecule has 1 saturated heterocycles. The minimum atomic E-state index is -0.458. The minimum absolute atomic E-state index is 0.00815. The van der Waals surface area contributed by atoms with Crippen LogP contribution in [0, 0.1) is 17.0 Å². The van der Waals surface area contributed by atoms with Gasteiger partial charge in [-0.1, -0.05) is 18.2 Å². The molecule has 1 amide bonds. The molecule has 8 nitrogen and oxygen atoms in total. The van der Waals surface area contributed by atoms with Crippen LogP contribution in [0.15, 0.2) is 36.4 Å². The van der Waals surface area contributed by atoms with Crippen molar-refractivity contribution in [3.63, 3.8) is 0 Å². The third kappa shape index (κ3) is 4.33. The summed E-state index contributed by atoms with van der Waals surface area (Å²) in [6.45, 7) is 2.91. The zero-order chi connectivity index (χ0) is 18.5. The number of hydrogen-bond donors (Lipinski definition) is 0. The summed E-state index contributed by atoms with van der Waals surface area (Å²) < 4.78 is 5.83. The van der Waals surface area contributed by atoms with Crippen molar-refractivity contribution in [2.45, 2.75) is 32.3 Å². The number of amides is 1. The number of aromatic nitrogens is 2. The average molecular weight is 356 g/mol. The van der Waals surface area contributed by atoms with E-state index < -0.39 is 4.92 Å². The van der Waals surface area contributed by atoms with E-state index in [9.17, 15) is 14.9 Å². The molecule has 1 fully saturated rings. The zero-order valence-corrected chi connectivity index (χ0v) is 14.5. The first kappa shape index (κ1) is 17.8. The van der Waals surface area contributed by atoms with Gasteiger partial charge in [0.2, 0.25) is 11.8 Å². The van der Waals surface area contributed by atoms with E-state index in [0.29, 0.717) is 24.5 Å². The first-order chi connectivity index (χ1) is 12.5. The van der Waals surface area contributed by atoms with E-state index in [0.717, 1.165) is 18.5 Å². The first-order valence-electron chi connectivity index (χ1n) is 8.50. The molecular formula is C18H20N4O4. The van der Waals surface area contributed by atoms with Crippen LogP contribution in [0.25, 0.3) is 0 Å². The summed E-state index contributed by atoms with van der Waals surface area (Å²) >= 11 is 0. The number of carbonyl (C=O) groups excluding carboxylic acids is 1.